The van der Waals surface area contributed by atoms with Crippen LogP contribution in [0.15, 0.2) is 72.3 Å². The molecule has 1 amide bonds. The molecule has 1 aliphatic heterocycles. The predicted octanol–water partition coefficient (Wildman–Crippen LogP) is 4.22. The Morgan fingerprint density at radius 3 is 2.50 bits per heavy atom. The van der Waals surface area contributed by atoms with Crippen LogP contribution in [0, 0.1) is 6.92 Å². The normalized spacial score (nSPS) is 18.3. The Morgan fingerprint density at radius 1 is 1.00 bits per heavy atom. The number of aliphatic hydroxyl groups is 1. The molecule has 3 aromatic rings. The number of rotatable bonds is 5. The first-order chi connectivity index (χ1) is 14.5. The second kappa shape index (κ2) is 8.13. The molecular weight excluding hydrogens is 378 g/mol. The van der Waals surface area contributed by atoms with Crippen LogP contribution >= 0.6 is 0 Å². The molecule has 0 spiro atoms. The van der Waals surface area contributed by atoms with Crippen LogP contribution in [-0.2, 0) is 14.3 Å². The highest BCUT2D eigenvalue weighted by molar-refractivity contribution is 6.46. The Hall–Kier alpha value is -3.44. The maximum atomic E-state index is 13.0. The number of carbonyl (C=O) groups is 2. The standard InChI is InChI=1S/C25H23NO4/c1-16-6-5-9-19(14-16)22-21(24(28)25(29)26(22)12-13-30-2)23(27)20-11-10-17-7-3-4-8-18(17)15-20/h3-11,14-15,22,27H,12-13H2,1-2H3/b23-21-. The van der Waals surface area contributed by atoms with Crippen molar-refractivity contribution < 1.29 is 19.4 Å². The number of aryl methyl sites for hydroxylation is 1. The lowest BCUT2D eigenvalue weighted by Crippen LogP contribution is -2.32. The number of benzene rings is 3. The van der Waals surface area contributed by atoms with Crippen molar-refractivity contribution in [1.29, 1.82) is 0 Å². The summed E-state index contributed by atoms with van der Waals surface area (Å²) in [6, 6.07) is 20.3. The lowest BCUT2D eigenvalue weighted by atomic mass is 9.94. The molecule has 1 heterocycles. The van der Waals surface area contributed by atoms with E-state index in [4.69, 9.17) is 4.74 Å². The zero-order valence-corrected chi connectivity index (χ0v) is 17.0. The molecule has 30 heavy (non-hydrogen) atoms. The smallest absolute Gasteiger partial charge is 0.295 e. The first-order valence-corrected chi connectivity index (χ1v) is 9.84. The minimum atomic E-state index is -0.678. The largest absolute Gasteiger partial charge is 0.507 e. The van der Waals surface area contributed by atoms with Crippen molar-refractivity contribution in [2.75, 3.05) is 20.3 Å². The van der Waals surface area contributed by atoms with E-state index < -0.39 is 17.7 Å². The Bertz CT molecular complexity index is 1160. The van der Waals surface area contributed by atoms with Crippen molar-refractivity contribution in [3.05, 3.63) is 89.0 Å². The van der Waals surface area contributed by atoms with Gasteiger partial charge < -0.3 is 14.7 Å². The van der Waals surface area contributed by atoms with Gasteiger partial charge in [0.25, 0.3) is 11.7 Å². The van der Waals surface area contributed by atoms with Crippen LogP contribution in [0.2, 0.25) is 0 Å². The van der Waals surface area contributed by atoms with Gasteiger partial charge in [-0.2, -0.15) is 0 Å². The van der Waals surface area contributed by atoms with Crippen LogP contribution in [0.1, 0.15) is 22.7 Å². The zero-order chi connectivity index (χ0) is 21.3. The fourth-order valence-electron chi connectivity index (χ4n) is 3.98. The maximum absolute atomic E-state index is 13.0. The highest BCUT2D eigenvalue weighted by Crippen LogP contribution is 2.39. The third kappa shape index (κ3) is 3.48. The van der Waals surface area contributed by atoms with E-state index >= 15 is 0 Å². The third-order valence-electron chi connectivity index (χ3n) is 5.46. The van der Waals surface area contributed by atoms with E-state index in [1.807, 2.05) is 67.6 Å². The topological polar surface area (TPSA) is 66.8 Å². The minimum Gasteiger partial charge on any atom is -0.507 e. The number of nitrogens with zero attached hydrogens (tertiary/aromatic N) is 1. The Kier molecular flexibility index (Phi) is 5.38. The van der Waals surface area contributed by atoms with Gasteiger partial charge in [0.15, 0.2) is 0 Å². The van der Waals surface area contributed by atoms with Crippen molar-refractivity contribution in [3.63, 3.8) is 0 Å². The number of Topliss-reactive ketones (excluding diaryl/α,β-unsaturated/α-hetero) is 1. The van der Waals surface area contributed by atoms with E-state index in [9.17, 15) is 14.7 Å². The summed E-state index contributed by atoms with van der Waals surface area (Å²) in [4.78, 5) is 27.3. The molecule has 0 aliphatic carbocycles. The monoisotopic (exact) mass is 401 g/mol. The zero-order valence-electron chi connectivity index (χ0n) is 17.0. The molecule has 5 nitrogen and oxygen atoms in total. The molecule has 1 fully saturated rings. The van der Waals surface area contributed by atoms with Gasteiger partial charge in [0, 0.05) is 19.2 Å². The summed E-state index contributed by atoms with van der Waals surface area (Å²) in [5.74, 6) is -1.46. The van der Waals surface area contributed by atoms with E-state index in [-0.39, 0.29) is 17.9 Å². The molecule has 1 N–H and O–H groups in total. The number of hydrogen-bond donors (Lipinski definition) is 1. The lowest BCUT2D eigenvalue weighted by molar-refractivity contribution is -0.140. The van der Waals surface area contributed by atoms with E-state index in [1.54, 1.807) is 13.2 Å². The van der Waals surface area contributed by atoms with Gasteiger partial charge in [-0.1, -0.05) is 66.2 Å². The van der Waals surface area contributed by atoms with Gasteiger partial charge in [-0.15, -0.1) is 0 Å². The van der Waals surface area contributed by atoms with Crippen LogP contribution < -0.4 is 0 Å². The fourth-order valence-corrected chi connectivity index (χ4v) is 3.98. The summed E-state index contributed by atoms with van der Waals surface area (Å²) < 4.78 is 5.14. The maximum Gasteiger partial charge on any atom is 0.295 e. The second-order valence-corrected chi connectivity index (χ2v) is 7.46. The molecule has 1 unspecified atom stereocenters. The van der Waals surface area contributed by atoms with Crippen LogP contribution in [0.3, 0.4) is 0 Å². The Morgan fingerprint density at radius 2 is 1.77 bits per heavy atom. The van der Waals surface area contributed by atoms with E-state index in [0.717, 1.165) is 21.9 Å². The van der Waals surface area contributed by atoms with Gasteiger partial charge in [0.1, 0.15) is 5.76 Å². The number of likely N-dealkylation sites (tertiary alicyclic amines) is 1. The fraction of sp³-hybridized carbons (Fsp3) is 0.200. The van der Waals surface area contributed by atoms with Gasteiger partial charge in [0.05, 0.1) is 18.2 Å². The summed E-state index contributed by atoms with van der Waals surface area (Å²) >= 11 is 0. The molecule has 152 valence electrons. The van der Waals surface area contributed by atoms with E-state index in [1.165, 1.54) is 4.90 Å². The summed E-state index contributed by atoms with van der Waals surface area (Å²) in [5.41, 5.74) is 2.41. The molecule has 4 rings (SSSR count). The number of ether oxygens (including phenoxy) is 1. The lowest BCUT2D eigenvalue weighted by Gasteiger charge is -2.25. The first-order valence-electron chi connectivity index (χ1n) is 9.84. The first kappa shape index (κ1) is 19.9. The Balaban J connectivity index is 1.88. The van der Waals surface area contributed by atoms with Crippen molar-refractivity contribution in [2.45, 2.75) is 13.0 Å². The summed E-state index contributed by atoms with van der Waals surface area (Å²) in [7, 11) is 1.55. The number of fused-ring (bicyclic) bond motifs is 1. The van der Waals surface area contributed by atoms with Gasteiger partial charge in [0.2, 0.25) is 0 Å². The average Bonchev–Trinajstić information content (AvgIpc) is 3.01. The molecule has 0 aromatic heterocycles. The highest BCUT2D eigenvalue weighted by atomic mass is 16.5. The molecule has 0 bridgehead atoms. The number of methoxy groups -OCH3 is 1. The average molecular weight is 401 g/mol. The SMILES string of the molecule is COCCN1C(=O)C(=O)/C(=C(\O)c2ccc3ccccc3c2)C1c1cccc(C)c1. The number of aliphatic hydroxyl groups excluding tert-OH is 1. The molecule has 0 radical (unpaired) electrons. The van der Waals surface area contributed by atoms with Gasteiger partial charge in [-0.25, -0.2) is 0 Å². The predicted molar refractivity (Wildman–Crippen MR) is 116 cm³/mol. The second-order valence-electron chi connectivity index (χ2n) is 7.46. The molecule has 3 aromatic carbocycles. The molecule has 1 atom stereocenters. The van der Waals surface area contributed by atoms with Crippen molar-refractivity contribution in [3.8, 4) is 0 Å². The molecule has 1 saturated heterocycles. The number of ketones is 1. The quantitative estimate of drug-likeness (QED) is 0.395. The van der Waals surface area contributed by atoms with Gasteiger partial charge >= 0.3 is 0 Å². The van der Waals surface area contributed by atoms with Crippen molar-refractivity contribution >= 4 is 28.2 Å². The van der Waals surface area contributed by atoms with E-state index in [2.05, 4.69) is 0 Å². The third-order valence-corrected chi connectivity index (χ3v) is 5.46. The summed E-state index contributed by atoms with van der Waals surface area (Å²) in [5, 5.41) is 13.1. The molecular formula is C25H23NO4. The van der Waals surface area contributed by atoms with Crippen molar-refractivity contribution in [2.24, 2.45) is 0 Å². The van der Waals surface area contributed by atoms with Crippen LogP contribution in [0.5, 0.6) is 0 Å². The summed E-state index contributed by atoms with van der Waals surface area (Å²) in [6.07, 6.45) is 0. The number of amides is 1. The van der Waals surface area contributed by atoms with Crippen molar-refractivity contribution in [1.82, 2.24) is 4.90 Å². The number of carbonyl (C=O) groups excluding carboxylic acids is 2. The van der Waals surface area contributed by atoms with Gasteiger partial charge in [-0.3, -0.25) is 9.59 Å². The van der Waals surface area contributed by atoms with E-state index in [0.29, 0.717) is 12.2 Å². The highest BCUT2D eigenvalue weighted by Gasteiger charge is 2.45. The number of hydrogen-bond acceptors (Lipinski definition) is 4. The van der Waals surface area contributed by atoms with Crippen LogP contribution in [0.25, 0.3) is 16.5 Å². The Labute approximate surface area is 175 Å². The molecule has 1 aliphatic rings. The summed E-state index contributed by atoms with van der Waals surface area (Å²) in [6.45, 7) is 2.51. The minimum absolute atomic E-state index is 0.108. The van der Waals surface area contributed by atoms with Crippen LogP contribution in [-0.4, -0.2) is 42.0 Å². The van der Waals surface area contributed by atoms with Gasteiger partial charge in [-0.05, 0) is 29.3 Å². The van der Waals surface area contributed by atoms with Crippen LogP contribution in [0.4, 0.5) is 0 Å². The molecule has 5 heteroatoms. The molecule has 0 saturated carbocycles.